The van der Waals surface area contributed by atoms with Gasteiger partial charge in [0.15, 0.2) is 0 Å². The van der Waals surface area contributed by atoms with Crippen LogP contribution in [0.4, 0.5) is 17.1 Å². The van der Waals surface area contributed by atoms with Gasteiger partial charge in [-0.05, 0) is 62.9 Å². The number of hydrogen-bond acceptors (Lipinski definition) is 5. The number of sulfonamides is 1. The fourth-order valence-corrected chi connectivity index (χ4v) is 6.79. The van der Waals surface area contributed by atoms with Crippen LogP contribution >= 0.6 is 0 Å². The number of carbonyl (C=O) groups excluding carboxylic acids is 2. The third kappa shape index (κ3) is 4.54. The zero-order valence-electron chi connectivity index (χ0n) is 21.1. The third-order valence-corrected chi connectivity index (χ3v) is 8.98. The van der Waals surface area contributed by atoms with Crippen molar-refractivity contribution < 1.29 is 18.0 Å². The Morgan fingerprint density at radius 3 is 2.34 bits per heavy atom. The van der Waals surface area contributed by atoms with Crippen molar-refractivity contribution in [2.45, 2.75) is 58.4 Å². The van der Waals surface area contributed by atoms with E-state index in [2.05, 4.69) is 5.32 Å². The van der Waals surface area contributed by atoms with Crippen LogP contribution < -0.4 is 15.1 Å². The molecule has 0 radical (unpaired) electrons. The van der Waals surface area contributed by atoms with Gasteiger partial charge in [-0.2, -0.15) is 4.31 Å². The van der Waals surface area contributed by atoms with Crippen molar-refractivity contribution in [3.05, 3.63) is 47.0 Å². The summed E-state index contributed by atoms with van der Waals surface area (Å²) in [6, 6.07) is 8.61. The van der Waals surface area contributed by atoms with Gasteiger partial charge in [-0.3, -0.25) is 14.5 Å². The van der Waals surface area contributed by atoms with E-state index in [-0.39, 0.29) is 29.3 Å². The van der Waals surface area contributed by atoms with Gasteiger partial charge in [-0.1, -0.05) is 31.5 Å². The quantitative estimate of drug-likeness (QED) is 0.630. The van der Waals surface area contributed by atoms with Gasteiger partial charge in [0.25, 0.3) is 0 Å². The monoisotopic (exact) mass is 498 g/mol. The molecule has 1 atom stereocenters. The van der Waals surface area contributed by atoms with E-state index in [0.29, 0.717) is 25.2 Å². The first-order valence-electron chi connectivity index (χ1n) is 12.2. The molecule has 1 saturated heterocycles. The molecule has 2 aliphatic rings. The van der Waals surface area contributed by atoms with Crippen molar-refractivity contribution in [2.75, 3.05) is 41.3 Å². The fraction of sp³-hybridized carbons (Fsp3) is 0.462. The Hall–Kier alpha value is -2.91. The first kappa shape index (κ1) is 25.2. The zero-order valence-corrected chi connectivity index (χ0v) is 21.9. The number of rotatable bonds is 7. The van der Waals surface area contributed by atoms with Crippen molar-refractivity contribution in [3.8, 4) is 0 Å². The molecule has 0 aromatic heterocycles. The van der Waals surface area contributed by atoms with Crippen LogP contribution in [0.25, 0.3) is 0 Å². The average Bonchev–Trinajstić information content (AvgIpc) is 3.29. The molecule has 0 saturated carbocycles. The normalized spacial score (nSPS) is 17.5. The van der Waals surface area contributed by atoms with Crippen LogP contribution in [0.2, 0.25) is 0 Å². The van der Waals surface area contributed by atoms with Crippen molar-refractivity contribution >= 4 is 38.9 Å². The van der Waals surface area contributed by atoms with Crippen molar-refractivity contribution in [3.63, 3.8) is 0 Å². The van der Waals surface area contributed by atoms with Crippen molar-refractivity contribution in [2.24, 2.45) is 0 Å². The molecular formula is C26H34N4O4S. The topological polar surface area (TPSA) is 90.0 Å². The van der Waals surface area contributed by atoms with Gasteiger partial charge in [0.05, 0.1) is 16.3 Å². The lowest BCUT2D eigenvalue weighted by atomic mass is 10.0. The molecule has 0 unspecified atom stereocenters. The summed E-state index contributed by atoms with van der Waals surface area (Å²) in [6.45, 7) is 10.7. The molecule has 2 aromatic carbocycles. The first-order chi connectivity index (χ1) is 16.6. The molecule has 1 fully saturated rings. The lowest BCUT2D eigenvalue weighted by molar-refractivity contribution is -0.122. The third-order valence-electron chi connectivity index (χ3n) is 6.94. The Morgan fingerprint density at radius 1 is 1.06 bits per heavy atom. The molecule has 188 valence electrons. The number of nitrogens with one attached hydrogen (secondary N) is 1. The minimum absolute atomic E-state index is 0.126. The van der Waals surface area contributed by atoms with E-state index in [4.69, 9.17) is 0 Å². The van der Waals surface area contributed by atoms with Gasteiger partial charge >= 0.3 is 0 Å². The maximum Gasteiger partial charge on any atom is 0.250 e. The largest absolute Gasteiger partial charge is 0.358 e. The van der Waals surface area contributed by atoms with Gasteiger partial charge in [-0.15, -0.1) is 0 Å². The highest BCUT2D eigenvalue weighted by Gasteiger charge is 2.42. The van der Waals surface area contributed by atoms with Crippen molar-refractivity contribution in [1.82, 2.24) is 4.31 Å². The summed E-state index contributed by atoms with van der Waals surface area (Å²) in [6.07, 6.45) is 1.59. The highest BCUT2D eigenvalue weighted by molar-refractivity contribution is 7.89. The second kappa shape index (κ2) is 9.62. The highest BCUT2D eigenvalue weighted by Crippen LogP contribution is 2.41. The summed E-state index contributed by atoms with van der Waals surface area (Å²) in [5, 5.41) is 2.97. The molecule has 8 nitrogen and oxygen atoms in total. The molecule has 2 heterocycles. The van der Waals surface area contributed by atoms with E-state index < -0.39 is 10.0 Å². The molecule has 2 amide bonds. The van der Waals surface area contributed by atoms with Crippen LogP contribution in [0.3, 0.4) is 0 Å². The maximum absolute atomic E-state index is 13.5. The van der Waals surface area contributed by atoms with Gasteiger partial charge in [0.2, 0.25) is 21.8 Å². The number of amides is 2. The Kier molecular flexibility index (Phi) is 6.92. The van der Waals surface area contributed by atoms with E-state index in [1.54, 1.807) is 32.0 Å². The number of benzene rings is 2. The van der Waals surface area contributed by atoms with Gasteiger partial charge in [0, 0.05) is 25.3 Å². The summed E-state index contributed by atoms with van der Waals surface area (Å²) < 4.78 is 27.8. The number of hydrogen-bond donors (Lipinski definition) is 1. The fourth-order valence-electron chi connectivity index (χ4n) is 5.31. The zero-order chi connectivity index (χ0) is 25.5. The summed E-state index contributed by atoms with van der Waals surface area (Å²) in [4.78, 5) is 30.3. The first-order valence-corrected chi connectivity index (χ1v) is 13.6. The molecule has 4 rings (SSSR count). The average molecular weight is 499 g/mol. The van der Waals surface area contributed by atoms with Crippen LogP contribution in [-0.4, -0.2) is 56.8 Å². The molecule has 0 bridgehead atoms. The molecule has 2 aliphatic heterocycles. The number of carbonyl (C=O) groups is 2. The van der Waals surface area contributed by atoms with Crippen LogP contribution in [0.1, 0.15) is 43.4 Å². The van der Waals surface area contributed by atoms with Gasteiger partial charge in [-0.25, -0.2) is 8.42 Å². The SMILES string of the molecule is CCN(CC)S(=O)(=O)c1ccc2c(c1)N(CC(=O)Nc1c(C)cc(C)cc1C)C(=O)[C@H]1CCCN21. The Bertz CT molecular complexity index is 1250. The molecule has 9 heteroatoms. The lowest BCUT2D eigenvalue weighted by Crippen LogP contribution is -2.52. The predicted octanol–water partition coefficient (Wildman–Crippen LogP) is 3.60. The van der Waals surface area contributed by atoms with E-state index in [1.165, 1.54) is 9.21 Å². The standard InChI is InChI=1S/C26H34N4O4S/c1-6-28(7-2)35(33,34)20-10-11-21-23(15-20)30(26(32)22-9-8-12-29(21)22)16-24(31)27-25-18(4)13-17(3)14-19(25)5/h10-11,13-15,22H,6-9,12,16H2,1-5H3,(H,27,31)/t22-/m1/s1. The van der Waals surface area contributed by atoms with E-state index >= 15 is 0 Å². The highest BCUT2D eigenvalue weighted by atomic mass is 32.2. The van der Waals surface area contributed by atoms with E-state index in [9.17, 15) is 18.0 Å². The van der Waals surface area contributed by atoms with Crippen LogP contribution in [0.15, 0.2) is 35.2 Å². The van der Waals surface area contributed by atoms with E-state index in [1.807, 2.05) is 37.8 Å². The summed E-state index contributed by atoms with van der Waals surface area (Å²) in [5.41, 5.74) is 5.02. The molecule has 35 heavy (non-hydrogen) atoms. The number of fused-ring (bicyclic) bond motifs is 3. The van der Waals surface area contributed by atoms with Crippen LogP contribution in [0, 0.1) is 20.8 Å². The molecule has 1 N–H and O–H groups in total. The Balaban J connectivity index is 1.71. The van der Waals surface area contributed by atoms with Gasteiger partial charge < -0.3 is 10.2 Å². The second-order valence-corrected chi connectivity index (χ2v) is 11.3. The molecule has 2 aromatic rings. The minimum Gasteiger partial charge on any atom is -0.358 e. The lowest BCUT2D eigenvalue weighted by Gasteiger charge is -2.39. The summed E-state index contributed by atoms with van der Waals surface area (Å²) in [7, 11) is -3.71. The molecule has 0 spiro atoms. The number of nitrogens with zero attached hydrogens (tertiary/aromatic N) is 3. The second-order valence-electron chi connectivity index (χ2n) is 9.34. The predicted molar refractivity (Wildman–Crippen MR) is 139 cm³/mol. The minimum atomic E-state index is -3.71. The van der Waals surface area contributed by atoms with Crippen LogP contribution in [-0.2, 0) is 19.6 Å². The van der Waals surface area contributed by atoms with Crippen molar-refractivity contribution in [1.29, 1.82) is 0 Å². The Labute approximate surface area is 207 Å². The number of aryl methyl sites for hydroxylation is 3. The maximum atomic E-state index is 13.5. The molecule has 0 aliphatic carbocycles. The van der Waals surface area contributed by atoms with Crippen LogP contribution in [0.5, 0.6) is 0 Å². The summed E-state index contributed by atoms with van der Waals surface area (Å²) in [5.74, 6) is -0.484. The number of anilines is 3. The van der Waals surface area contributed by atoms with E-state index in [0.717, 1.165) is 41.0 Å². The van der Waals surface area contributed by atoms with Gasteiger partial charge in [0.1, 0.15) is 12.6 Å². The smallest absolute Gasteiger partial charge is 0.250 e. The Morgan fingerprint density at radius 2 is 1.71 bits per heavy atom. The molecular weight excluding hydrogens is 464 g/mol. The summed E-state index contributed by atoms with van der Waals surface area (Å²) >= 11 is 0.